The Labute approximate surface area is 87.9 Å². The minimum absolute atomic E-state index is 0.0622. The number of nitrogens with one attached hydrogen (secondary N) is 1. The zero-order chi connectivity index (χ0) is 11.0. The summed E-state index contributed by atoms with van der Waals surface area (Å²) < 4.78 is 0. The van der Waals surface area contributed by atoms with Crippen molar-refractivity contribution < 1.29 is 4.79 Å². The predicted molar refractivity (Wildman–Crippen MR) is 60.4 cm³/mol. The maximum absolute atomic E-state index is 11.6. The first-order chi connectivity index (χ1) is 6.65. The van der Waals surface area contributed by atoms with Gasteiger partial charge in [0.2, 0.25) is 0 Å². The van der Waals surface area contributed by atoms with Crippen LogP contribution in [-0.4, -0.2) is 30.6 Å². The molecule has 0 atom stereocenters. The summed E-state index contributed by atoms with van der Waals surface area (Å²) in [6.45, 7) is 7.18. The lowest BCUT2D eigenvalue weighted by Gasteiger charge is -2.21. The molecule has 0 radical (unpaired) electrons. The van der Waals surface area contributed by atoms with Gasteiger partial charge in [0.15, 0.2) is 0 Å². The second-order valence-electron chi connectivity index (χ2n) is 3.74. The van der Waals surface area contributed by atoms with E-state index in [1.54, 1.807) is 4.90 Å². The lowest BCUT2D eigenvalue weighted by Crippen LogP contribution is -2.42. The molecule has 1 N–H and O–H groups in total. The first-order valence-corrected chi connectivity index (χ1v) is 5.67. The third-order valence-corrected chi connectivity index (χ3v) is 2.51. The Kier molecular flexibility index (Phi) is 7.25. The topological polar surface area (TPSA) is 32.3 Å². The molecule has 0 spiro atoms. The van der Waals surface area contributed by atoms with Crippen LogP contribution in [0.2, 0.25) is 0 Å². The Hall–Kier alpha value is -0.730. The van der Waals surface area contributed by atoms with Crippen LogP contribution in [0.5, 0.6) is 0 Å². The second kappa shape index (κ2) is 7.65. The molecule has 0 rings (SSSR count). The molecule has 0 aromatic carbocycles. The van der Waals surface area contributed by atoms with Crippen molar-refractivity contribution in [2.45, 2.75) is 52.5 Å². The summed E-state index contributed by atoms with van der Waals surface area (Å²) in [4.78, 5) is 13.4. The minimum atomic E-state index is 0.0622. The van der Waals surface area contributed by atoms with Crippen LogP contribution < -0.4 is 5.32 Å². The number of carbonyl (C=O) groups excluding carboxylic acids is 1. The summed E-state index contributed by atoms with van der Waals surface area (Å²) in [5.41, 5.74) is 0. The minimum Gasteiger partial charge on any atom is -0.335 e. The molecular weight excluding hydrogens is 176 g/mol. The molecule has 0 aliphatic heterocycles. The number of nitrogens with zero attached hydrogens (tertiary/aromatic N) is 1. The van der Waals surface area contributed by atoms with Gasteiger partial charge in [-0.1, -0.05) is 27.2 Å². The molecule has 0 saturated carbocycles. The van der Waals surface area contributed by atoms with Crippen LogP contribution in [-0.2, 0) is 0 Å². The summed E-state index contributed by atoms with van der Waals surface area (Å²) in [6.07, 6.45) is 4.21. The molecular formula is C11H24N2O. The van der Waals surface area contributed by atoms with Crippen molar-refractivity contribution in [1.82, 2.24) is 10.2 Å². The van der Waals surface area contributed by atoms with Gasteiger partial charge < -0.3 is 10.2 Å². The van der Waals surface area contributed by atoms with Crippen LogP contribution in [0.25, 0.3) is 0 Å². The van der Waals surface area contributed by atoms with Crippen LogP contribution in [0.15, 0.2) is 0 Å². The van der Waals surface area contributed by atoms with E-state index in [2.05, 4.69) is 26.1 Å². The monoisotopic (exact) mass is 200 g/mol. The third kappa shape index (κ3) is 5.10. The van der Waals surface area contributed by atoms with Gasteiger partial charge in [0, 0.05) is 19.6 Å². The zero-order valence-electron chi connectivity index (χ0n) is 9.97. The fraction of sp³-hybridized carbons (Fsp3) is 0.909. The van der Waals surface area contributed by atoms with Crippen LogP contribution in [0, 0.1) is 0 Å². The van der Waals surface area contributed by atoms with Gasteiger partial charge in [0.25, 0.3) is 0 Å². The zero-order valence-corrected chi connectivity index (χ0v) is 9.97. The average molecular weight is 200 g/mol. The Morgan fingerprint density at radius 3 is 2.29 bits per heavy atom. The van der Waals surface area contributed by atoms with E-state index in [0.29, 0.717) is 6.04 Å². The maximum atomic E-state index is 11.6. The van der Waals surface area contributed by atoms with Gasteiger partial charge >= 0.3 is 6.03 Å². The molecule has 0 aromatic rings. The van der Waals surface area contributed by atoms with Crippen molar-refractivity contribution in [3.05, 3.63) is 0 Å². The second-order valence-corrected chi connectivity index (χ2v) is 3.74. The lowest BCUT2D eigenvalue weighted by molar-refractivity contribution is 0.203. The predicted octanol–water partition coefficient (Wildman–Crippen LogP) is 2.62. The van der Waals surface area contributed by atoms with Gasteiger partial charge in [-0.3, -0.25) is 0 Å². The first-order valence-electron chi connectivity index (χ1n) is 5.67. The molecule has 0 unspecified atom stereocenters. The van der Waals surface area contributed by atoms with Crippen molar-refractivity contribution in [1.29, 1.82) is 0 Å². The summed E-state index contributed by atoms with van der Waals surface area (Å²) in [6, 6.07) is 0.388. The third-order valence-electron chi connectivity index (χ3n) is 2.51. The van der Waals surface area contributed by atoms with Crippen molar-refractivity contribution in [2.75, 3.05) is 13.6 Å². The molecule has 0 fully saturated rings. The maximum Gasteiger partial charge on any atom is 0.317 e. The largest absolute Gasteiger partial charge is 0.335 e. The highest BCUT2D eigenvalue weighted by Gasteiger charge is 2.11. The molecule has 14 heavy (non-hydrogen) atoms. The van der Waals surface area contributed by atoms with Gasteiger partial charge in [0.05, 0.1) is 0 Å². The fourth-order valence-corrected chi connectivity index (χ4v) is 1.27. The summed E-state index contributed by atoms with van der Waals surface area (Å²) in [7, 11) is 1.85. The quantitative estimate of drug-likeness (QED) is 0.702. The number of amides is 2. The van der Waals surface area contributed by atoms with E-state index in [0.717, 1.165) is 32.2 Å². The van der Waals surface area contributed by atoms with Gasteiger partial charge in [-0.2, -0.15) is 0 Å². The van der Waals surface area contributed by atoms with E-state index in [1.165, 1.54) is 0 Å². The van der Waals surface area contributed by atoms with E-state index in [1.807, 2.05) is 7.05 Å². The van der Waals surface area contributed by atoms with Crippen molar-refractivity contribution in [3.63, 3.8) is 0 Å². The normalized spacial score (nSPS) is 10.4. The SMILES string of the molecule is CCCCN(C)C(=O)NC(CC)CC. The average Bonchev–Trinajstić information content (AvgIpc) is 2.21. The molecule has 0 saturated heterocycles. The van der Waals surface area contributed by atoms with Gasteiger partial charge in [-0.25, -0.2) is 4.79 Å². The molecule has 3 heteroatoms. The number of unbranched alkanes of at least 4 members (excludes halogenated alkanes) is 1. The molecule has 3 nitrogen and oxygen atoms in total. The van der Waals surface area contributed by atoms with Crippen LogP contribution in [0.3, 0.4) is 0 Å². The smallest absolute Gasteiger partial charge is 0.317 e. The summed E-state index contributed by atoms with van der Waals surface area (Å²) in [5, 5.41) is 3.01. The van der Waals surface area contributed by atoms with Gasteiger partial charge in [-0.15, -0.1) is 0 Å². The van der Waals surface area contributed by atoms with Crippen LogP contribution in [0.4, 0.5) is 4.79 Å². The Balaban J connectivity index is 3.81. The number of carbonyl (C=O) groups is 1. The fourth-order valence-electron chi connectivity index (χ4n) is 1.27. The lowest BCUT2D eigenvalue weighted by atomic mass is 10.2. The molecule has 0 aliphatic rings. The van der Waals surface area contributed by atoms with E-state index < -0.39 is 0 Å². The van der Waals surface area contributed by atoms with Crippen molar-refractivity contribution in [2.24, 2.45) is 0 Å². The molecule has 84 valence electrons. The number of urea groups is 1. The Morgan fingerprint density at radius 1 is 1.29 bits per heavy atom. The van der Waals surface area contributed by atoms with E-state index in [-0.39, 0.29) is 6.03 Å². The molecule has 0 aliphatic carbocycles. The van der Waals surface area contributed by atoms with E-state index in [4.69, 9.17) is 0 Å². The Morgan fingerprint density at radius 2 is 1.86 bits per heavy atom. The molecule has 0 bridgehead atoms. The summed E-state index contributed by atoms with van der Waals surface area (Å²) in [5.74, 6) is 0. The van der Waals surface area contributed by atoms with Crippen molar-refractivity contribution in [3.8, 4) is 0 Å². The highest BCUT2D eigenvalue weighted by molar-refractivity contribution is 5.74. The highest BCUT2D eigenvalue weighted by Crippen LogP contribution is 1.98. The standard InChI is InChI=1S/C11H24N2O/c1-5-8-9-13(4)11(14)12-10(6-2)7-3/h10H,5-9H2,1-4H3,(H,12,14). The van der Waals surface area contributed by atoms with Crippen LogP contribution >= 0.6 is 0 Å². The molecule has 0 aromatic heterocycles. The van der Waals surface area contributed by atoms with E-state index >= 15 is 0 Å². The van der Waals surface area contributed by atoms with Crippen LogP contribution in [0.1, 0.15) is 46.5 Å². The molecule has 0 heterocycles. The number of hydrogen-bond acceptors (Lipinski definition) is 1. The highest BCUT2D eigenvalue weighted by atomic mass is 16.2. The first kappa shape index (κ1) is 13.3. The number of hydrogen-bond donors (Lipinski definition) is 1. The van der Waals surface area contributed by atoms with Gasteiger partial charge in [0.1, 0.15) is 0 Å². The molecule has 2 amide bonds. The summed E-state index contributed by atoms with van der Waals surface area (Å²) >= 11 is 0. The van der Waals surface area contributed by atoms with E-state index in [9.17, 15) is 4.79 Å². The van der Waals surface area contributed by atoms with Gasteiger partial charge in [-0.05, 0) is 19.3 Å². The van der Waals surface area contributed by atoms with Crippen molar-refractivity contribution >= 4 is 6.03 Å². The Bertz CT molecular complexity index is 155. The number of rotatable bonds is 6.